The van der Waals surface area contributed by atoms with Gasteiger partial charge in [0.05, 0.1) is 0 Å². The first-order chi connectivity index (χ1) is 6.68. The molecule has 1 saturated heterocycles. The number of halogens is 1. The Balaban J connectivity index is 2.10. The molecule has 1 aliphatic heterocycles. The van der Waals surface area contributed by atoms with Gasteiger partial charge in [0.25, 0.3) is 0 Å². The van der Waals surface area contributed by atoms with Gasteiger partial charge in [-0.25, -0.2) is 4.39 Å². The van der Waals surface area contributed by atoms with Crippen LogP contribution in [0.4, 0.5) is 4.39 Å². The summed E-state index contributed by atoms with van der Waals surface area (Å²) in [4.78, 5) is 0. The molecule has 1 unspecified atom stereocenters. The third kappa shape index (κ3) is 2.04. The summed E-state index contributed by atoms with van der Waals surface area (Å²) in [6, 6.07) is 6.82. The first kappa shape index (κ1) is 9.46. The monoisotopic (exact) mass is 195 g/mol. The normalized spacial score (nSPS) is 26.6. The lowest BCUT2D eigenvalue weighted by atomic mass is 9.95. The van der Waals surface area contributed by atoms with Crippen molar-refractivity contribution in [2.45, 2.75) is 18.5 Å². The van der Waals surface area contributed by atoms with Gasteiger partial charge in [0.15, 0.2) is 0 Å². The lowest BCUT2D eigenvalue weighted by Crippen LogP contribution is -2.28. The van der Waals surface area contributed by atoms with Crippen LogP contribution in [0.15, 0.2) is 24.3 Å². The van der Waals surface area contributed by atoms with Gasteiger partial charge in [0.2, 0.25) is 0 Å². The van der Waals surface area contributed by atoms with Gasteiger partial charge in [0, 0.05) is 13.0 Å². The fourth-order valence-corrected chi connectivity index (χ4v) is 1.90. The van der Waals surface area contributed by atoms with Crippen LogP contribution in [0, 0.1) is 0 Å². The van der Waals surface area contributed by atoms with E-state index in [0.29, 0.717) is 19.4 Å². The molecule has 1 aromatic carbocycles. The van der Waals surface area contributed by atoms with Crippen LogP contribution in [-0.2, 0) is 6.42 Å². The van der Waals surface area contributed by atoms with Gasteiger partial charge < -0.3 is 10.4 Å². The van der Waals surface area contributed by atoms with Crippen LogP contribution in [0.5, 0.6) is 5.75 Å². The molecular weight excluding hydrogens is 181 g/mol. The van der Waals surface area contributed by atoms with Crippen LogP contribution in [0.1, 0.15) is 12.0 Å². The summed E-state index contributed by atoms with van der Waals surface area (Å²) in [5.41, 5.74) is -0.274. The first-order valence-corrected chi connectivity index (χ1v) is 4.86. The Morgan fingerprint density at radius 1 is 1.50 bits per heavy atom. The van der Waals surface area contributed by atoms with E-state index >= 15 is 0 Å². The van der Waals surface area contributed by atoms with Crippen molar-refractivity contribution in [3.63, 3.8) is 0 Å². The predicted molar refractivity (Wildman–Crippen MR) is 53.1 cm³/mol. The minimum absolute atomic E-state index is 0.206. The second-order valence-electron chi connectivity index (χ2n) is 3.92. The molecule has 0 radical (unpaired) electrons. The Bertz CT molecular complexity index is 321. The topological polar surface area (TPSA) is 32.3 Å². The highest BCUT2D eigenvalue weighted by Crippen LogP contribution is 2.25. The standard InChI is InChI=1S/C11H14FNO/c12-11(4-5-13-8-11)7-9-2-1-3-10(14)6-9/h1-3,6,13-14H,4-5,7-8H2. The zero-order valence-electron chi connectivity index (χ0n) is 7.96. The molecule has 1 heterocycles. The van der Waals surface area contributed by atoms with Crippen LogP contribution in [0.2, 0.25) is 0 Å². The van der Waals surface area contributed by atoms with Gasteiger partial charge in [-0.15, -0.1) is 0 Å². The molecule has 1 atom stereocenters. The number of benzene rings is 1. The lowest BCUT2D eigenvalue weighted by molar-refractivity contribution is 0.190. The van der Waals surface area contributed by atoms with E-state index in [2.05, 4.69) is 5.32 Å². The second kappa shape index (κ2) is 3.58. The molecule has 0 amide bonds. The molecule has 2 nitrogen and oxygen atoms in total. The number of hydrogen-bond donors (Lipinski definition) is 2. The Kier molecular flexibility index (Phi) is 2.42. The highest BCUT2D eigenvalue weighted by molar-refractivity contribution is 5.28. The number of phenols is 1. The molecule has 0 bridgehead atoms. The van der Waals surface area contributed by atoms with Crippen molar-refractivity contribution in [2.24, 2.45) is 0 Å². The minimum atomic E-state index is -1.13. The molecule has 0 aliphatic carbocycles. The maximum absolute atomic E-state index is 14.0. The number of alkyl halides is 1. The molecule has 0 aromatic heterocycles. The molecule has 1 aromatic rings. The van der Waals surface area contributed by atoms with Gasteiger partial charge in [-0.05, 0) is 30.7 Å². The van der Waals surface area contributed by atoms with Gasteiger partial charge in [-0.3, -0.25) is 0 Å². The fraction of sp³-hybridized carbons (Fsp3) is 0.455. The van der Waals surface area contributed by atoms with E-state index in [1.165, 1.54) is 0 Å². The van der Waals surface area contributed by atoms with Crippen LogP contribution >= 0.6 is 0 Å². The van der Waals surface area contributed by atoms with Gasteiger partial charge in [-0.2, -0.15) is 0 Å². The van der Waals surface area contributed by atoms with Crippen molar-refractivity contribution in [3.8, 4) is 5.75 Å². The van der Waals surface area contributed by atoms with E-state index in [0.717, 1.165) is 12.1 Å². The lowest BCUT2D eigenvalue weighted by Gasteiger charge is -2.17. The average Bonchev–Trinajstić information content (AvgIpc) is 2.51. The molecule has 1 fully saturated rings. The van der Waals surface area contributed by atoms with Crippen molar-refractivity contribution in [3.05, 3.63) is 29.8 Å². The van der Waals surface area contributed by atoms with Gasteiger partial charge >= 0.3 is 0 Å². The molecule has 1 aliphatic rings. The third-order valence-corrected chi connectivity index (χ3v) is 2.62. The highest BCUT2D eigenvalue weighted by atomic mass is 19.1. The minimum Gasteiger partial charge on any atom is -0.508 e. The van der Waals surface area contributed by atoms with Crippen molar-refractivity contribution >= 4 is 0 Å². The van der Waals surface area contributed by atoms with Crippen LogP contribution in [0.25, 0.3) is 0 Å². The summed E-state index contributed by atoms with van der Waals surface area (Å²) < 4.78 is 14.0. The zero-order chi connectivity index (χ0) is 10.0. The van der Waals surface area contributed by atoms with E-state index in [4.69, 9.17) is 0 Å². The molecule has 0 spiro atoms. The maximum atomic E-state index is 14.0. The van der Waals surface area contributed by atoms with Crippen molar-refractivity contribution in [1.29, 1.82) is 0 Å². The summed E-state index contributed by atoms with van der Waals surface area (Å²) in [5.74, 6) is 0.206. The summed E-state index contributed by atoms with van der Waals surface area (Å²) in [7, 11) is 0. The highest BCUT2D eigenvalue weighted by Gasteiger charge is 2.33. The first-order valence-electron chi connectivity index (χ1n) is 4.86. The Hall–Kier alpha value is -1.09. The molecular formula is C11H14FNO. The predicted octanol–water partition coefficient (Wildman–Crippen LogP) is 1.64. The summed E-state index contributed by atoms with van der Waals surface area (Å²) in [6.45, 7) is 1.16. The van der Waals surface area contributed by atoms with Crippen LogP contribution < -0.4 is 5.32 Å². The van der Waals surface area contributed by atoms with E-state index in [-0.39, 0.29) is 5.75 Å². The average molecular weight is 195 g/mol. The quantitative estimate of drug-likeness (QED) is 0.751. The van der Waals surface area contributed by atoms with Crippen molar-refractivity contribution < 1.29 is 9.50 Å². The van der Waals surface area contributed by atoms with Crippen molar-refractivity contribution in [1.82, 2.24) is 5.32 Å². The summed E-state index contributed by atoms with van der Waals surface area (Å²) in [6.07, 6.45) is 0.942. The van der Waals surface area contributed by atoms with Crippen LogP contribution in [0.3, 0.4) is 0 Å². The largest absolute Gasteiger partial charge is 0.508 e. The maximum Gasteiger partial charge on any atom is 0.128 e. The number of phenolic OH excluding ortho intramolecular Hbond substituents is 1. The fourth-order valence-electron chi connectivity index (χ4n) is 1.90. The smallest absolute Gasteiger partial charge is 0.128 e. The van der Waals surface area contributed by atoms with Gasteiger partial charge in [-0.1, -0.05) is 12.1 Å². The molecule has 14 heavy (non-hydrogen) atoms. The number of rotatable bonds is 2. The number of hydrogen-bond acceptors (Lipinski definition) is 2. The van der Waals surface area contributed by atoms with E-state index < -0.39 is 5.67 Å². The second-order valence-corrected chi connectivity index (χ2v) is 3.92. The Morgan fingerprint density at radius 2 is 2.36 bits per heavy atom. The SMILES string of the molecule is Oc1cccc(CC2(F)CCNC2)c1. The molecule has 3 heteroatoms. The van der Waals surface area contributed by atoms with E-state index in [1.54, 1.807) is 18.2 Å². The van der Waals surface area contributed by atoms with E-state index in [1.807, 2.05) is 6.07 Å². The molecule has 2 rings (SSSR count). The summed E-state index contributed by atoms with van der Waals surface area (Å²) in [5, 5.41) is 12.2. The Morgan fingerprint density at radius 3 is 3.00 bits per heavy atom. The third-order valence-electron chi connectivity index (χ3n) is 2.62. The Labute approximate surface area is 82.8 Å². The van der Waals surface area contributed by atoms with Crippen molar-refractivity contribution in [2.75, 3.05) is 13.1 Å². The molecule has 2 N–H and O–H groups in total. The van der Waals surface area contributed by atoms with Gasteiger partial charge in [0.1, 0.15) is 11.4 Å². The van der Waals surface area contributed by atoms with Crippen LogP contribution in [-0.4, -0.2) is 23.9 Å². The zero-order valence-corrected chi connectivity index (χ0v) is 7.96. The van der Waals surface area contributed by atoms with E-state index in [9.17, 15) is 9.50 Å². The number of aromatic hydroxyl groups is 1. The summed E-state index contributed by atoms with van der Waals surface area (Å²) >= 11 is 0. The molecule has 0 saturated carbocycles. The number of nitrogens with one attached hydrogen (secondary N) is 1. The molecule has 76 valence electrons.